The molecule has 4 nitrogen and oxygen atoms in total. The molecule has 106 valence electrons. The molecular weight excluding hydrogens is 267 g/mol. The van der Waals surface area contributed by atoms with Crippen molar-refractivity contribution in [2.45, 2.75) is 43.7 Å². The summed E-state index contributed by atoms with van der Waals surface area (Å²) in [5, 5.41) is 0. The number of benzene rings is 1. The van der Waals surface area contributed by atoms with Crippen LogP contribution in [0, 0.1) is 12.7 Å². The molecule has 19 heavy (non-hydrogen) atoms. The minimum absolute atomic E-state index is 0.0174. The average molecular weight is 286 g/mol. The molecule has 6 heteroatoms. The Morgan fingerprint density at radius 3 is 2.74 bits per heavy atom. The monoisotopic (exact) mass is 286 g/mol. The zero-order valence-corrected chi connectivity index (χ0v) is 12.0. The highest BCUT2D eigenvalue weighted by molar-refractivity contribution is 7.89. The fraction of sp³-hybridized carbons (Fsp3) is 0.538. The summed E-state index contributed by atoms with van der Waals surface area (Å²) in [6, 6.07) is 3.95. The molecule has 0 amide bonds. The molecule has 1 aromatic carbocycles. The summed E-state index contributed by atoms with van der Waals surface area (Å²) in [4.78, 5) is -0.241. The van der Waals surface area contributed by atoms with E-state index < -0.39 is 15.8 Å². The largest absolute Gasteiger partial charge is 0.328 e. The van der Waals surface area contributed by atoms with Gasteiger partial charge in [0.05, 0.1) is 0 Å². The van der Waals surface area contributed by atoms with Crippen LogP contribution in [0.15, 0.2) is 23.1 Å². The van der Waals surface area contributed by atoms with Crippen LogP contribution in [0.2, 0.25) is 0 Å². The van der Waals surface area contributed by atoms with E-state index in [-0.39, 0.29) is 17.0 Å². The minimum atomic E-state index is -3.79. The van der Waals surface area contributed by atoms with Gasteiger partial charge in [0.15, 0.2) is 0 Å². The second-order valence-electron chi connectivity index (χ2n) is 5.18. The Morgan fingerprint density at radius 2 is 2.11 bits per heavy atom. The Hall–Kier alpha value is -0.980. The van der Waals surface area contributed by atoms with Gasteiger partial charge in [0.2, 0.25) is 10.0 Å². The van der Waals surface area contributed by atoms with Gasteiger partial charge in [-0.25, -0.2) is 12.8 Å². The average Bonchev–Trinajstić information content (AvgIpc) is 2.31. The molecule has 1 heterocycles. The molecule has 1 aliphatic rings. The van der Waals surface area contributed by atoms with Gasteiger partial charge in [0.1, 0.15) is 10.7 Å². The van der Waals surface area contributed by atoms with Crippen molar-refractivity contribution < 1.29 is 12.8 Å². The van der Waals surface area contributed by atoms with Crippen LogP contribution in [0.1, 0.15) is 25.3 Å². The lowest BCUT2D eigenvalue weighted by molar-refractivity contribution is 0.246. The van der Waals surface area contributed by atoms with E-state index >= 15 is 0 Å². The summed E-state index contributed by atoms with van der Waals surface area (Å²) in [5.74, 6) is -0.701. The number of hydrogen-bond acceptors (Lipinski definition) is 3. The topological polar surface area (TPSA) is 63.4 Å². The van der Waals surface area contributed by atoms with Crippen LogP contribution in [0.3, 0.4) is 0 Å². The Bertz CT molecular complexity index is 574. The molecule has 0 bridgehead atoms. The van der Waals surface area contributed by atoms with Gasteiger partial charge in [0, 0.05) is 18.6 Å². The second kappa shape index (κ2) is 5.19. The third kappa shape index (κ3) is 2.80. The van der Waals surface area contributed by atoms with E-state index in [2.05, 4.69) is 0 Å². The molecule has 0 spiro atoms. The Labute approximate surface area is 113 Å². The number of piperidine rings is 1. The maximum absolute atomic E-state index is 13.8. The summed E-state index contributed by atoms with van der Waals surface area (Å²) >= 11 is 0. The number of aryl methyl sites for hydroxylation is 1. The quantitative estimate of drug-likeness (QED) is 0.899. The normalized spacial score (nSPS) is 25.5. The van der Waals surface area contributed by atoms with E-state index in [4.69, 9.17) is 5.73 Å². The third-order valence-corrected chi connectivity index (χ3v) is 5.56. The van der Waals surface area contributed by atoms with Crippen LogP contribution in [-0.4, -0.2) is 31.4 Å². The predicted octanol–water partition coefficient (Wildman–Crippen LogP) is 1.63. The zero-order valence-electron chi connectivity index (χ0n) is 11.1. The van der Waals surface area contributed by atoms with Crippen LogP contribution in [0.25, 0.3) is 0 Å². The van der Waals surface area contributed by atoms with Gasteiger partial charge in [-0.05, 0) is 44.4 Å². The summed E-state index contributed by atoms with van der Waals surface area (Å²) < 4.78 is 40.2. The lowest BCUT2D eigenvalue weighted by Gasteiger charge is -2.35. The predicted molar refractivity (Wildman–Crippen MR) is 71.7 cm³/mol. The molecule has 0 unspecified atom stereocenters. The molecule has 2 atom stereocenters. The molecule has 2 N–H and O–H groups in total. The number of sulfonamides is 1. The molecule has 0 aromatic heterocycles. The van der Waals surface area contributed by atoms with E-state index in [1.54, 1.807) is 13.0 Å². The lowest BCUT2D eigenvalue weighted by atomic mass is 10.0. The molecule has 0 saturated carbocycles. The first-order chi connectivity index (χ1) is 8.82. The van der Waals surface area contributed by atoms with Crippen LogP contribution in [-0.2, 0) is 10.0 Å². The standard InChI is InChI=1S/C13H19FN2O2S/c1-9-3-4-12(14)13(7-9)19(17,18)16-6-5-11(15)8-10(16)2/h3-4,7,10-11H,5-6,8,15H2,1-2H3/t10-,11-/m0/s1. The van der Waals surface area contributed by atoms with Crippen molar-refractivity contribution in [1.29, 1.82) is 0 Å². The maximum Gasteiger partial charge on any atom is 0.246 e. The van der Waals surface area contributed by atoms with Crippen molar-refractivity contribution in [3.63, 3.8) is 0 Å². The Morgan fingerprint density at radius 1 is 1.42 bits per heavy atom. The van der Waals surface area contributed by atoms with Crippen molar-refractivity contribution in [1.82, 2.24) is 4.31 Å². The number of nitrogens with two attached hydrogens (primary N) is 1. The van der Waals surface area contributed by atoms with Gasteiger partial charge in [-0.3, -0.25) is 0 Å². The molecule has 1 aliphatic heterocycles. The van der Waals surface area contributed by atoms with Gasteiger partial charge in [-0.15, -0.1) is 0 Å². The summed E-state index contributed by atoms with van der Waals surface area (Å²) in [7, 11) is -3.79. The van der Waals surface area contributed by atoms with Crippen molar-refractivity contribution in [2.75, 3.05) is 6.54 Å². The number of nitrogens with zero attached hydrogens (tertiary/aromatic N) is 1. The van der Waals surface area contributed by atoms with Gasteiger partial charge < -0.3 is 5.73 Å². The first-order valence-corrected chi connectivity index (χ1v) is 7.80. The molecule has 0 radical (unpaired) electrons. The van der Waals surface area contributed by atoms with Gasteiger partial charge in [-0.1, -0.05) is 6.07 Å². The van der Waals surface area contributed by atoms with Crippen LogP contribution < -0.4 is 5.73 Å². The fourth-order valence-corrected chi connectivity index (χ4v) is 4.29. The van der Waals surface area contributed by atoms with E-state index in [0.717, 1.165) is 5.56 Å². The first kappa shape index (κ1) is 14.4. The second-order valence-corrected chi connectivity index (χ2v) is 7.04. The SMILES string of the molecule is Cc1ccc(F)c(S(=O)(=O)N2CC[C@H](N)C[C@@H]2C)c1. The van der Waals surface area contributed by atoms with E-state index in [0.29, 0.717) is 19.4 Å². The first-order valence-electron chi connectivity index (χ1n) is 6.36. The van der Waals surface area contributed by atoms with Crippen molar-refractivity contribution in [3.05, 3.63) is 29.6 Å². The number of hydrogen-bond donors (Lipinski definition) is 1. The van der Waals surface area contributed by atoms with Gasteiger partial charge >= 0.3 is 0 Å². The maximum atomic E-state index is 13.8. The van der Waals surface area contributed by atoms with Crippen molar-refractivity contribution in [3.8, 4) is 0 Å². The minimum Gasteiger partial charge on any atom is -0.328 e. The Kier molecular flexibility index (Phi) is 3.94. The van der Waals surface area contributed by atoms with Crippen molar-refractivity contribution in [2.24, 2.45) is 5.73 Å². The molecule has 2 rings (SSSR count). The Balaban J connectivity index is 2.39. The van der Waals surface area contributed by atoms with E-state index in [1.165, 1.54) is 16.4 Å². The summed E-state index contributed by atoms with van der Waals surface area (Å²) in [6.45, 7) is 3.90. The highest BCUT2D eigenvalue weighted by Gasteiger charge is 2.34. The molecular formula is C13H19FN2O2S. The smallest absolute Gasteiger partial charge is 0.246 e. The lowest BCUT2D eigenvalue weighted by Crippen LogP contribution is -2.48. The number of halogens is 1. The van der Waals surface area contributed by atoms with Crippen LogP contribution in [0.4, 0.5) is 4.39 Å². The third-order valence-electron chi connectivity index (χ3n) is 3.53. The number of rotatable bonds is 2. The molecule has 1 saturated heterocycles. The molecule has 1 aromatic rings. The summed E-state index contributed by atoms with van der Waals surface area (Å²) in [5.41, 5.74) is 6.55. The van der Waals surface area contributed by atoms with Crippen LogP contribution >= 0.6 is 0 Å². The van der Waals surface area contributed by atoms with Crippen LogP contribution in [0.5, 0.6) is 0 Å². The molecule has 0 aliphatic carbocycles. The van der Waals surface area contributed by atoms with Gasteiger partial charge in [0.25, 0.3) is 0 Å². The van der Waals surface area contributed by atoms with E-state index in [9.17, 15) is 12.8 Å². The molecule has 1 fully saturated rings. The van der Waals surface area contributed by atoms with Gasteiger partial charge in [-0.2, -0.15) is 4.31 Å². The zero-order chi connectivity index (χ0) is 14.2. The highest BCUT2D eigenvalue weighted by Crippen LogP contribution is 2.26. The van der Waals surface area contributed by atoms with E-state index in [1.807, 2.05) is 6.92 Å². The van der Waals surface area contributed by atoms with Crippen molar-refractivity contribution >= 4 is 10.0 Å². The highest BCUT2D eigenvalue weighted by atomic mass is 32.2. The summed E-state index contributed by atoms with van der Waals surface area (Å²) in [6.07, 6.45) is 1.21. The fourth-order valence-electron chi connectivity index (χ4n) is 2.48.